The monoisotopic (exact) mass is 397 g/mol. The molecule has 0 spiro atoms. The highest BCUT2D eigenvalue weighted by Crippen LogP contribution is 2.30. The lowest BCUT2D eigenvalue weighted by molar-refractivity contribution is -0.161. The second kappa shape index (κ2) is 7.84. The highest BCUT2D eigenvalue weighted by atomic mass is 32.2. The number of phenolic OH excluding ortho intramolecular Hbond substituents is 1. The predicted molar refractivity (Wildman–Crippen MR) is 95.6 cm³/mol. The standard InChI is InChI=1S/C16H19N3O7S/c1-9-7-12(21)19(9)13(15(23)24)16(2,27(25)26)8-17-18-14(22)10-3-5-11(20)6-4-10/h3-6,8-9,13,20H,7H2,1-2H3,(H,18,22)(H,23,24)(H,25,26)/b17-8+/t9-,13+,16+/m1/s1. The molecule has 1 aromatic rings. The molecule has 0 radical (unpaired) electrons. The summed E-state index contributed by atoms with van der Waals surface area (Å²) in [5, 5.41) is 22.4. The van der Waals surface area contributed by atoms with Crippen LogP contribution in [0.3, 0.4) is 0 Å². The van der Waals surface area contributed by atoms with Gasteiger partial charge in [-0.25, -0.2) is 14.4 Å². The van der Waals surface area contributed by atoms with E-state index in [4.69, 9.17) is 0 Å². The van der Waals surface area contributed by atoms with E-state index < -0.39 is 45.7 Å². The SMILES string of the molecule is C[C@@H]1CC(=O)N1[C@@H](C(=O)O)[C@](C)(/C=N/NC(=O)c1ccc(O)cc1)S(=O)O. The number of hydrazone groups is 1. The molecule has 0 saturated carbocycles. The van der Waals surface area contributed by atoms with Crippen molar-refractivity contribution in [2.75, 3.05) is 0 Å². The number of carbonyl (C=O) groups excluding carboxylic acids is 2. The van der Waals surface area contributed by atoms with Gasteiger partial charge in [0.2, 0.25) is 5.91 Å². The predicted octanol–water partition coefficient (Wildman–Crippen LogP) is 0.162. The average molecular weight is 397 g/mol. The van der Waals surface area contributed by atoms with Crippen LogP contribution in [0, 0.1) is 0 Å². The summed E-state index contributed by atoms with van der Waals surface area (Å²) in [6, 6.07) is 3.23. The fourth-order valence-electron chi connectivity index (χ4n) is 2.74. The molecule has 1 saturated heterocycles. The number of hydrogen-bond acceptors (Lipinski definition) is 6. The smallest absolute Gasteiger partial charge is 0.328 e. The number of amides is 2. The molecule has 1 fully saturated rings. The van der Waals surface area contributed by atoms with E-state index in [1.54, 1.807) is 6.92 Å². The summed E-state index contributed by atoms with van der Waals surface area (Å²) >= 11 is -2.71. The van der Waals surface area contributed by atoms with Gasteiger partial charge in [-0.3, -0.25) is 9.59 Å². The summed E-state index contributed by atoms with van der Waals surface area (Å²) in [5.41, 5.74) is 2.29. The Labute approximate surface area is 157 Å². The fourth-order valence-corrected chi connectivity index (χ4v) is 3.28. The zero-order chi connectivity index (χ0) is 20.4. The second-order valence-corrected chi connectivity index (χ2v) is 7.65. The van der Waals surface area contributed by atoms with Crippen molar-refractivity contribution in [3.05, 3.63) is 29.8 Å². The number of carboxylic acid groups (broad SMARTS) is 1. The van der Waals surface area contributed by atoms with E-state index in [0.29, 0.717) is 0 Å². The third kappa shape index (κ3) is 4.14. The quantitative estimate of drug-likeness (QED) is 0.221. The molecule has 2 rings (SSSR count). The molecule has 27 heavy (non-hydrogen) atoms. The van der Waals surface area contributed by atoms with Gasteiger partial charge in [0.05, 0.1) is 0 Å². The highest BCUT2D eigenvalue weighted by molar-refractivity contribution is 7.81. The lowest BCUT2D eigenvalue weighted by Crippen LogP contribution is -2.67. The number of nitrogens with zero attached hydrogens (tertiary/aromatic N) is 2. The average Bonchev–Trinajstić information content (AvgIpc) is 2.59. The van der Waals surface area contributed by atoms with Gasteiger partial charge in [0.25, 0.3) is 5.91 Å². The third-order valence-electron chi connectivity index (χ3n) is 4.28. The Balaban J connectivity index is 2.23. The lowest BCUT2D eigenvalue weighted by Gasteiger charge is -2.46. The maximum atomic E-state index is 12.0. The van der Waals surface area contributed by atoms with Crippen molar-refractivity contribution in [3.63, 3.8) is 0 Å². The van der Waals surface area contributed by atoms with Gasteiger partial charge in [-0.2, -0.15) is 5.10 Å². The van der Waals surface area contributed by atoms with Crippen molar-refractivity contribution in [2.45, 2.75) is 37.1 Å². The molecule has 1 unspecified atom stereocenters. The number of carbonyl (C=O) groups is 3. The van der Waals surface area contributed by atoms with E-state index in [2.05, 4.69) is 10.5 Å². The first-order valence-corrected chi connectivity index (χ1v) is 8.97. The Kier molecular flexibility index (Phi) is 5.96. The van der Waals surface area contributed by atoms with Crippen molar-refractivity contribution < 1.29 is 33.4 Å². The molecule has 1 aliphatic rings. The van der Waals surface area contributed by atoms with E-state index in [9.17, 15) is 33.4 Å². The van der Waals surface area contributed by atoms with E-state index in [0.717, 1.165) is 18.0 Å². The molecule has 1 aromatic carbocycles. The topological polar surface area (TPSA) is 157 Å². The van der Waals surface area contributed by atoms with E-state index in [1.165, 1.54) is 24.3 Å². The number of benzene rings is 1. The zero-order valence-corrected chi connectivity index (χ0v) is 15.3. The molecular formula is C16H19N3O7S. The second-order valence-electron chi connectivity index (χ2n) is 6.27. The minimum absolute atomic E-state index is 0.0315. The van der Waals surface area contributed by atoms with Crippen LogP contribution in [0.2, 0.25) is 0 Å². The van der Waals surface area contributed by atoms with Gasteiger partial charge >= 0.3 is 5.97 Å². The summed E-state index contributed by atoms with van der Waals surface area (Å²) in [4.78, 5) is 36.5. The molecular weight excluding hydrogens is 378 g/mol. The Morgan fingerprint density at radius 1 is 1.41 bits per heavy atom. The Bertz CT molecular complexity index is 811. The van der Waals surface area contributed by atoms with Crippen LogP contribution in [-0.4, -0.2) is 64.7 Å². The normalized spacial score (nSPS) is 21.2. The minimum atomic E-state index is -2.71. The number of hydrogen-bond donors (Lipinski definition) is 4. The Morgan fingerprint density at radius 2 is 2.00 bits per heavy atom. The maximum Gasteiger partial charge on any atom is 0.328 e. The Morgan fingerprint density at radius 3 is 2.44 bits per heavy atom. The molecule has 1 aliphatic heterocycles. The van der Waals surface area contributed by atoms with Crippen molar-refractivity contribution in [2.24, 2.45) is 5.10 Å². The molecule has 11 heteroatoms. The maximum absolute atomic E-state index is 12.0. The molecule has 1 heterocycles. The third-order valence-corrected chi connectivity index (χ3v) is 5.36. The van der Waals surface area contributed by atoms with Crippen LogP contribution in [0.25, 0.3) is 0 Å². The fraction of sp³-hybridized carbons (Fsp3) is 0.375. The number of carboxylic acids is 1. The summed E-state index contributed by atoms with van der Waals surface area (Å²) < 4.78 is 19.6. The van der Waals surface area contributed by atoms with Crippen molar-refractivity contribution >= 4 is 35.1 Å². The van der Waals surface area contributed by atoms with Crippen LogP contribution in [0.15, 0.2) is 29.4 Å². The first-order chi connectivity index (χ1) is 12.6. The van der Waals surface area contributed by atoms with Gasteiger partial charge in [-0.1, -0.05) is 0 Å². The first kappa shape index (κ1) is 20.5. The molecule has 0 aliphatic carbocycles. The number of likely N-dealkylation sites (tertiary alicyclic amines) is 1. The number of rotatable bonds is 7. The minimum Gasteiger partial charge on any atom is -0.508 e. The molecule has 0 aromatic heterocycles. The van der Waals surface area contributed by atoms with Crippen molar-refractivity contribution in [1.82, 2.24) is 10.3 Å². The summed E-state index contributed by atoms with van der Waals surface area (Å²) in [7, 11) is 0. The first-order valence-electron chi connectivity index (χ1n) is 7.86. The van der Waals surface area contributed by atoms with Gasteiger partial charge < -0.3 is 19.7 Å². The molecule has 10 nitrogen and oxygen atoms in total. The van der Waals surface area contributed by atoms with E-state index in [-0.39, 0.29) is 17.7 Å². The summed E-state index contributed by atoms with van der Waals surface area (Å²) in [6.07, 6.45) is 0.991. The Hall–Kier alpha value is -2.79. The zero-order valence-electron chi connectivity index (χ0n) is 14.5. The van der Waals surface area contributed by atoms with E-state index in [1.807, 2.05) is 0 Å². The van der Waals surface area contributed by atoms with Gasteiger partial charge in [0.15, 0.2) is 17.1 Å². The molecule has 4 atom stereocenters. The molecule has 146 valence electrons. The van der Waals surface area contributed by atoms with Gasteiger partial charge in [-0.05, 0) is 38.1 Å². The number of nitrogens with one attached hydrogen (secondary N) is 1. The van der Waals surface area contributed by atoms with E-state index >= 15 is 0 Å². The van der Waals surface area contributed by atoms with Crippen LogP contribution in [0.1, 0.15) is 30.6 Å². The van der Waals surface area contributed by atoms with Crippen molar-refractivity contribution in [3.8, 4) is 5.75 Å². The number of aliphatic carboxylic acids is 1. The van der Waals surface area contributed by atoms with Crippen LogP contribution in [-0.2, 0) is 20.7 Å². The van der Waals surface area contributed by atoms with Crippen LogP contribution in [0.4, 0.5) is 0 Å². The van der Waals surface area contributed by atoms with Gasteiger partial charge in [0, 0.05) is 24.2 Å². The number of β-lactam (4-membered cyclic amide) rings is 1. The number of aromatic hydroxyl groups is 1. The van der Waals surface area contributed by atoms with Crippen molar-refractivity contribution in [1.29, 1.82) is 0 Å². The van der Waals surface area contributed by atoms with Gasteiger partial charge in [-0.15, -0.1) is 0 Å². The highest BCUT2D eigenvalue weighted by Gasteiger charge is 2.53. The largest absolute Gasteiger partial charge is 0.508 e. The van der Waals surface area contributed by atoms with Crippen LogP contribution in [0.5, 0.6) is 5.75 Å². The van der Waals surface area contributed by atoms with Crippen LogP contribution < -0.4 is 5.43 Å². The number of phenols is 1. The summed E-state index contributed by atoms with van der Waals surface area (Å²) in [6.45, 7) is 2.79. The lowest BCUT2D eigenvalue weighted by atomic mass is 9.92. The summed E-state index contributed by atoms with van der Waals surface area (Å²) in [5.74, 6) is -2.61. The molecule has 2 amide bonds. The van der Waals surface area contributed by atoms with Crippen LogP contribution >= 0.6 is 0 Å². The molecule has 4 N–H and O–H groups in total. The van der Waals surface area contributed by atoms with Gasteiger partial charge in [0.1, 0.15) is 10.5 Å². The molecule has 0 bridgehead atoms.